The zero-order chi connectivity index (χ0) is 15.4. The molecule has 1 rings (SSSR count). The number of ether oxygens (including phenoxy) is 1. The van der Waals surface area contributed by atoms with Crippen molar-refractivity contribution in [3.8, 4) is 0 Å². The fourth-order valence-electron chi connectivity index (χ4n) is 1.43. The molecule has 2 N–H and O–H groups in total. The molecule has 0 saturated heterocycles. The average Bonchev–Trinajstić information content (AvgIpc) is 2.49. The van der Waals surface area contributed by atoms with Crippen LogP contribution in [0.2, 0.25) is 0 Å². The van der Waals surface area contributed by atoms with E-state index in [0.29, 0.717) is 19.3 Å². The van der Waals surface area contributed by atoms with Gasteiger partial charge in [-0.3, -0.25) is 4.79 Å². The highest BCUT2D eigenvalue weighted by Crippen LogP contribution is 2.07. The maximum Gasteiger partial charge on any atom is 0.305 e. The summed E-state index contributed by atoms with van der Waals surface area (Å²) in [6.45, 7) is 3.48. The number of rotatable bonds is 6. The molecule has 20 heavy (non-hydrogen) atoms. The highest BCUT2D eigenvalue weighted by molar-refractivity contribution is 5.69. The van der Waals surface area contributed by atoms with Gasteiger partial charge in [0.2, 0.25) is 0 Å². The standard InChI is InChI=1S/C11H14O2.C5H12O2/c1-13-11(12)9-5-8-10-6-3-2-4-7-10;1-3-5(6,7)4-2/h2-4,6-7H,5,8-9H2,1H3;6-7H,3-4H2,1-2H3. The van der Waals surface area contributed by atoms with E-state index in [2.05, 4.69) is 16.9 Å². The lowest BCUT2D eigenvalue weighted by Crippen LogP contribution is -2.24. The third kappa shape index (κ3) is 9.53. The molecule has 0 aliphatic rings. The first kappa shape index (κ1) is 18.6. The molecule has 0 fully saturated rings. The molecule has 0 atom stereocenters. The molecule has 0 aromatic heterocycles. The summed E-state index contributed by atoms with van der Waals surface area (Å²) in [7, 11) is 1.42. The van der Waals surface area contributed by atoms with Crippen LogP contribution in [0, 0.1) is 0 Å². The largest absolute Gasteiger partial charge is 0.469 e. The molecule has 0 spiro atoms. The monoisotopic (exact) mass is 282 g/mol. The van der Waals surface area contributed by atoms with Crippen molar-refractivity contribution in [3.63, 3.8) is 0 Å². The van der Waals surface area contributed by atoms with Crippen molar-refractivity contribution in [3.05, 3.63) is 35.9 Å². The number of esters is 1. The second kappa shape index (κ2) is 10.4. The Morgan fingerprint density at radius 2 is 1.70 bits per heavy atom. The average molecular weight is 282 g/mol. The van der Waals surface area contributed by atoms with E-state index in [9.17, 15) is 4.79 Å². The number of aliphatic hydroxyl groups is 2. The molecule has 0 aliphatic heterocycles. The summed E-state index contributed by atoms with van der Waals surface area (Å²) in [6, 6.07) is 10.1. The Balaban J connectivity index is 0.000000441. The van der Waals surface area contributed by atoms with Crippen molar-refractivity contribution in [2.45, 2.75) is 51.7 Å². The van der Waals surface area contributed by atoms with Crippen molar-refractivity contribution in [1.82, 2.24) is 0 Å². The van der Waals surface area contributed by atoms with Gasteiger partial charge in [-0.25, -0.2) is 0 Å². The first-order chi connectivity index (χ1) is 9.45. The van der Waals surface area contributed by atoms with Crippen LogP contribution in [0.15, 0.2) is 30.3 Å². The third-order valence-electron chi connectivity index (χ3n) is 3.05. The van der Waals surface area contributed by atoms with E-state index in [0.717, 1.165) is 12.8 Å². The van der Waals surface area contributed by atoms with Crippen LogP contribution in [0.1, 0.15) is 45.1 Å². The summed E-state index contributed by atoms with van der Waals surface area (Å²) in [6.07, 6.45) is 3.12. The quantitative estimate of drug-likeness (QED) is 0.622. The van der Waals surface area contributed by atoms with Crippen LogP contribution in [-0.2, 0) is 16.0 Å². The zero-order valence-electron chi connectivity index (χ0n) is 12.6. The fraction of sp³-hybridized carbons (Fsp3) is 0.562. The number of methoxy groups -OCH3 is 1. The maximum absolute atomic E-state index is 10.8. The number of carbonyl (C=O) groups is 1. The minimum Gasteiger partial charge on any atom is -0.469 e. The van der Waals surface area contributed by atoms with Crippen LogP contribution in [0.25, 0.3) is 0 Å². The van der Waals surface area contributed by atoms with Gasteiger partial charge in [0.1, 0.15) is 0 Å². The molecule has 0 radical (unpaired) electrons. The zero-order valence-corrected chi connectivity index (χ0v) is 12.6. The second-order valence-electron chi connectivity index (χ2n) is 4.60. The van der Waals surface area contributed by atoms with Gasteiger partial charge in [0.05, 0.1) is 7.11 Å². The molecule has 1 aromatic carbocycles. The van der Waals surface area contributed by atoms with Crippen LogP contribution in [0.5, 0.6) is 0 Å². The molecule has 4 heteroatoms. The second-order valence-corrected chi connectivity index (χ2v) is 4.60. The van der Waals surface area contributed by atoms with Gasteiger partial charge >= 0.3 is 5.97 Å². The van der Waals surface area contributed by atoms with Crippen LogP contribution in [-0.4, -0.2) is 29.1 Å². The predicted octanol–water partition coefficient (Wildman–Crippen LogP) is 2.67. The van der Waals surface area contributed by atoms with Crippen molar-refractivity contribution in [2.75, 3.05) is 7.11 Å². The van der Waals surface area contributed by atoms with Gasteiger partial charge in [-0.05, 0) is 31.2 Å². The normalized spacial score (nSPS) is 10.4. The topological polar surface area (TPSA) is 66.8 Å². The molecule has 0 saturated carbocycles. The minimum absolute atomic E-state index is 0.129. The van der Waals surface area contributed by atoms with E-state index in [-0.39, 0.29) is 5.97 Å². The van der Waals surface area contributed by atoms with Crippen LogP contribution in [0.4, 0.5) is 0 Å². The first-order valence-corrected chi connectivity index (χ1v) is 7.00. The van der Waals surface area contributed by atoms with E-state index in [4.69, 9.17) is 10.2 Å². The molecule has 0 heterocycles. The number of hydrogen-bond acceptors (Lipinski definition) is 4. The van der Waals surface area contributed by atoms with Crippen molar-refractivity contribution >= 4 is 5.97 Å². The summed E-state index contributed by atoms with van der Waals surface area (Å²) in [5, 5.41) is 17.4. The molecular weight excluding hydrogens is 256 g/mol. The fourth-order valence-corrected chi connectivity index (χ4v) is 1.43. The molecule has 0 aliphatic carbocycles. The summed E-state index contributed by atoms with van der Waals surface area (Å²) in [5.41, 5.74) is 1.27. The minimum atomic E-state index is -1.42. The van der Waals surface area contributed by atoms with Crippen molar-refractivity contribution < 1.29 is 19.7 Å². The first-order valence-electron chi connectivity index (χ1n) is 7.00. The Kier molecular flexibility index (Phi) is 9.68. The summed E-state index contributed by atoms with van der Waals surface area (Å²) in [4.78, 5) is 10.8. The van der Waals surface area contributed by atoms with Gasteiger partial charge in [0, 0.05) is 6.42 Å². The Morgan fingerprint density at radius 1 is 1.15 bits per heavy atom. The van der Waals surface area contributed by atoms with Crippen LogP contribution in [0.3, 0.4) is 0 Å². The number of hydrogen-bond donors (Lipinski definition) is 2. The predicted molar refractivity (Wildman–Crippen MR) is 79.1 cm³/mol. The van der Waals surface area contributed by atoms with Gasteiger partial charge in [0.15, 0.2) is 5.79 Å². The lowest BCUT2D eigenvalue weighted by atomic mass is 10.1. The molecule has 4 nitrogen and oxygen atoms in total. The van der Waals surface area contributed by atoms with E-state index in [1.165, 1.54) is 12.7 Å². The highest BCUT2D eigenvalue weighted by atomic mass is 16.5. The van der Waals surface area contributed by atoms with Crippen molar-refractivity contribution in [1.29, 1.82) is 0 Å². The summed E-state index contributed by atoms with van der Waals surface area (Å²) >= 11 is 0. The van der Waals surface area contributed by atoms with E-state index in [1.54, 1.807) is 13.8 Å². The van der Waals surface area contributed by atoms with Gasteiger partial charge in [-0.1, -0.05) is 44.2 Å². The number of benzene rings is 1. The number of aryl methyl sites for hydroxylation is 1. The molecule has 0 unspecified atom stereocenters. The molecule has 1 aromatic rings. The van der Waals surface area contributed by atoms with E-state index >= 15 is 0 Å². The lowest BCUT2D eigenvalue weighted by molar-refractivity contribution is -0.163. The summed E-state index contributed by atoms with van der Waals surface area (Å²) in [5.74, 6) is -1.55. The van der Waals surface area contributed by atoms with E-state index < -0.39 is 5.79 Å². The lowest BCUT2D eigenvalue weighted by Gasteiger charge is -2.15. The van der Waals surface area contributed by atoms with Crippen LogP contribution >= 0.6 is 0 Å². The molecular formula is C16H26O4. The van der Waals surface area contributed by atoms with E-state index in [1.807, 2.05) is 18.2 Å². The molecule has 114 valence electrons. The third-order valence-corrected chi connectivity index (χ3v) is 3.05. The SMILES string of the molecule is CCC(O)(O)CC.COC(=O)CCCc1ccccc1. The Bertz CT molecular complexity index is 354. The Labute approximate surface area is 121 Å². The highest BCUT2D eigenvalue weighted by Gasteiger charge is 2.15. The molecule has 0 amide bonds. The molecule has 0 bridgehead atoms. The maximum atomic E-state index is 10.8. The Morgan fingerprint density at radius 3 is 2.10 bits per heavy atom. The van der Waals surface area contributed by atoms with Gasteiger partial charge in [0.25, 0.3) is 0 Å². The van der Waals surface area contributed by atoms with Gasteiger partial charge in [-0.2, -0.15) is 0 Å². The van der Waals surface area contributed by atoms with Gasteiger partial charge in [-0.15, -0.1) is 0 Å². The Hall–Kier alpha value is -1.39. The van der Waals surface area contributed by atoms with Crippen LogP contribution < -0.4 is 0 Å². The summed E-state index contributed by atoms with van der Waals surface area (Å²) < 4.78 is 4.55. The number of carbonyl (C=O) groups excluding carboxylic acids is 1. The van der Waals surface area contributed by atoms with Crippen molar-refractivity contribution in [2.24, 2.45) is 0 Å². The van der Waals surface area contributed by atoms with Gasteiger partial charge < -0.3 is 14.9 Å². The smallest absolute Gasteiger partial charge is 0.305 e.